The summed E-state index contributed by atoms with van der Waals surface area (Å²) in [6.07, 6.45) is 1.14. The number of hydrogen-bond acceptors (Lipinski definition) is 2. The minimum absolute atomic E-state index is 0.0161. The van der Waals surface area contributed by atoms with E-state index in [1.807, 2.05) is 12.1 Å². The Morgan fingerprint density at radius 2 is 2.14 bits per heavy atom. The second-order valence-corrected chi connectivity index (χ2v) is 7.52. The van der Waals surface area contributed by atoms with Crippen LogP contribution < -0.4 is 5.32 Å². The lowest BCUT2D eigenvalue weighted by atomic mass is 9.93. The van der Waals surface area contributed by atoms with Gasteiger partial charge in [0, 0.05) is 36.8 Å². The van der Waals surface area contributed by atoms with Crippen molar-refractivity contribution >= 4 is 11.6 Å². The van der Waals surface area contributed by atoms with Crippen molar-refractivity contribution in [1.82, 2.24) is 10.2 Å². The molecular formula is C17H26ClFN2. The van der Waals surface area contributed by atoms with Gasteiger partial charge in [0.2, 0.25) is 0 Å². The van der Waals surface area contributed by atoms with E-state index in [0.29, 0.717) is 24.1 Å². The van der Waals surface area contributed by atoms with Gasteiger partial charge < -0.3 is 5.32 Å². The normalized spacial score (nSPS) is 22.7. The number of halogens is 2. The van der Waals surface area contributed by atoms with E-state index in [-0.39, 0.29) is 16.4 Å². The van der Waals surface area contributed by atoms with Crippen LogP contribution in [0.4, 0.5) is 4.39 Å². The molecule has 4 heteroatoms. The Bertz CT molecular complexity index is 488. The maximum atomic E-state index is 14.1. The first-order valence-electron chi connectivity index (χ1n) is 7.71. The van der Waals surface area contributed by atoms with Gasteiger partial charge in [-0.2, -0.15) is 0 Å². The average molecular weight is 313 g/mol. The SMILES string of the molecule is CC(C)CC1CN(Cc2cccc(Cl)c2F)C(C)(C)CN1. The van der Waals surface area contributed by atoms with Gasteiger partial charge in [-0.3, -0.25) is 4.90 Å². The summed E-state index contributed by atoms with van der Waals surface area (Å²) in [6.45, 7) is 11.4. The van der Waals surface area contributed by atoms with Crippen molar-refractivity contribution in [1.29, 1.82) is 0 Å². The number of benzene rings is 1. The van der Waals surface area contributed by atoms with Crippen molar-refractivity contribution in [2.45, 2.75) is 52.2 Å². The van der Waals surface area contributed by atoms with E-state index in [1.165, 1.54) is 0 Å². The maximum Gasteiger partial charge on any atom is 0.146 e. The molecule has 0 bridgehead atoms. The molecule has 2 nitrogen and oxygen atoms in total. The van der Waals surface area contributed by atoms with Gasteiger partial charge in [-0.1, -0.05) is 37.6 Å². The Morgan fingerprint density at radius 1 is 1.43 bits per heavy atom. The zero-order valence-electron chi connectivity index (χ0n) is 13.4. The molecule has 0 radical (unpaired) electrons. The minimum Gasteiger partial charge on any atom is -0.311 e. The van der Waals surface area contributed by atoms with Gasteiger partial charge in [-0.15, -0.1) is 0 Å². The van der Waals surface area contributed by atoms with Crippen molar-refractivity contribution in [3.05, 3.63) is 34.6 Å². The largest absolute Gasteiger partial charge is 0.311 e. The van der Waals surface area contributed by atoms with Crippen molar-refractivity contribution < 1.29 is 4.39 Å². The summed E-state index contributed by atoms with van der Waals surface area (Å²) in [5, 5.41) is 3.83. The molecule has 2 rings (SSSR count). The number of rotatable bonds is 4. The van der Waals surface area contributed by atoms with Crippen LogP contribution in [0.25, 0.3) is 0 Å². The Labute approximate surface area is 132 Å². The highest BCUT2D eigenvalue weighted by molar-refractivity contribution is 6.30. The molecule has 1 aromatic carbocycles. The monoisotopic (exact) mass is 312 g/mol. The number of nitrogens with zero attached hydrogens (tertiary/aromatic N) is 1. The molecule has 0 aromatic heterocycles. The third-order valence-electron chi connectivity index (χ3n) is 4.27. The second-order valence-electron chi connectivity index (χ2n) is 7.11. The lowest BCUT2D eigenvalue weighted by Crippen LogP contribution is -2.61. The number of nitrogens with one attached hydrogen (secondary N) is 1. The Kier molecular flexibility index (Phi) is 5.29. The molecule has 1 N–H and O–H groups in total. The van der Waals surface area contributed by atoms with Crippen LogP contribution >= 0.6 is 11.6 Å². The molecule has 0 amide bonds. The lowest BCUT2D eigenvalue weighted by Gasteiger charge is -2.46. The highest BCUT2D eigenvalue weighted by Gasteiger charge is 2.34. The molecule has 1 atom stereocenters. The van der Waals surface area contributed by atoms with Gasteiger partial charge in [0.1, 0.15) is 5.82 Å². The lowest BCUT2D eigenvalue weighted by molar-refractivity contribution is 0.0526. The van der Waals surface area contributed by atoms with Crippen LogP contribution in [0.5, 0.6) is 0 Å². The minimum atomic E-state index is -0.283. The molecule has 1 unspecified atom stereocenters. The fraction of sp³-hybridized carbons (Fsp3) is 0.647. The first-order chi connectivity index (χ1) is 9.79. The van der Waals surface area contributed by atoms with E-state index in [4.69, 9.17) is 11.6 Å². The maximum absolute atomic E-state index is 14.1. The fourth-order valence-electron chi connectivity index (χ4n) is 2.97. The highest BCUT2D eigenvalue weighted by Crippen LogP contribution is 2.26. The summed E-state index contributed by atoms with van der Waals surface area (Å²) in [4.78, 5) is 2.37. The third-order valence-corrected chi connectivity index (χ3v) is 4.56. The summed E-state index contributed by atoms with van der Waals surface area (Å²) in [5.41, 5.74) is 0.697. The standard InChI is InChI=1S/C17H26ClFN2/c1-12(2)8-14-10-21(17(3,4)11-20-14)9-13-6-5-7-15(18)16(13)19/h5-7,12,14,20H,8-11H2,1-4H3. The van der Waals surface area contributed by atoms with Crippen molar-refractivity contribution in [3.8, 4) is 0 Å². The van der Waals surface area contributed by atoms with Crippen LogP contribution in [0.1, 0.15) is 39.7 Å². The van der Waals surface area contributed by atoms with Crippen molar-refractivity contribution in [3.63, 3.8) is 0 Å². The Hall–Kier alpha value is -0.640. The third kappa shape index (κ3) is 4.18. The van der Waals surface area contributed by atoms with Gasteiger partial charge in [0.15, 0.2) is 0 Å². The first-order valence-corrected chi connectivity index (χ1v) is 8.08. The van der Waals surface area contributed by atoms with E-state index < -0.39 is 0 Å². The molecule has 0 saturated carbocycles. The molecule has 0 aliphatic carbocycles. The smallest absolute Gasteiger partial charge is 0.146 e. The summed E-state index contributed by atoms with van der Waals surface area (Å²) >= 11 is 5.89. The van der Waals surface area contributed by atoms with Gasteiger partial charge >= 0.3 is 0 Å². The molecule has 0 spiro atoms. The summed E-state index contributed by atoms with van der Waals surface area (Å²) in [7, 11) is 0. The Morgan fingerprint density at radius 3 is 2.81 bits per heavy atom. The molecule has 1 heterocycles. The molecule has 1 saturated heterocycles. The fourth-order valence-corrected chi connectivity index (χ4v) is 3.16. The topological polar surface area (TPSA) is 15.3 Å². The molecule has 1 aromatic rings. The summed E-state index contributed by atoms with van der Waals surface area (Å²) < 4.78 is 14.1. The van der Waals surface area contributed by atoms with Crippen LogP contribution in [0.2, 0.25) is 5.02 Å². The van der Waals surface area contributed by atoms with E-state index in [0.717, 1.165) is 19.5 Å². The average Bonchev–Trinajstić information content (AvgIpc) is 2.38. The Balaban J connectivity index is 2.13. The first kappa shape index (κ1) is 16.7. The van der Waals surface area contributed by atoms with Crippen LogP contribution in [0, 0.1) is 11.7 Å². The van der Waals surface area contributed by atoms with Crippen molar-refractivity contribution in [2.24, 2.45) is 5.92 Å². The predicted molar refractivity (Wildman–Crippen MR) is 87.1 cm³/mol. The molecule has 1 aliphatic rings. The zero-order chi connectivity index (χ0) is 15.6. The molecule has 1 fully saturated rings. The van der Waals surface area contributed by atoms with E-state index in [2.05, 4.69) is 37.9 Å². The second kappa shape index (κ2) is 6.64. The van der Waals surface area contributed by atoms with Crippen molar-refractivity contribution in [2.75, 3.05) is 13.1 Å². The van der Waals surface area contributed by atoms with E-state index in [1.54, 1.807) is 6.07 Å². The molecular weight excluding hydrogens is 287 g/mol. The van der Waals surface area contributed by atoms with Gasteiger partial charge in [0.05, 0.1) is 5.02 Å². The number of piperazine rings is 1. The summed E-state index contributed by atoms with van der Waals surface area (Å²) in [6, 6.07) is 5.73. The number of hydrogen-bond donors (Lipinski definition) is 1. The summed E-state index contributed by atoms with van der Waals surface area (Å²) in [5.74, 6) is 0.377. The zero-order valence-corrected chi connectivity index (χ0v) is 14.2. The van der Waals surface area contributed by atoms with Gasteiger partial charge in [-0.25, -0.2) is 4.39 Å². The van der Waals surface area contributed by atoms with Crippen LogP contribution in [0.15, 0.2) is 18.2 Å². The van der Waals surface area contributed by atoms with Crippen LogP contribution in [-0.4, -0.2) is 29.6 Å². The highest BCUT2D eigenvalue weighted by atomic mass is 35.5. The molecule has 118 valence electrons. The molecule has 21 heavy (non-hydrogen) atoms. The molecule has 1 aliphatic heterocycles. The van der Waals surface area contributed by atoms with Crippen LogP contribution in [0.3, 0.4) is 0 Å². The quantitative estimate of drug-likeness (QED) is 0.901. The van der Waals surface area contributed by atoms with E-state index in [9.17, 15) is 4.39 Å². The van der Waals surface area contributed by atoms with Gasteiger partial charge in [0.25, 0.3) is 0 Å². The van der Waals surface area contributed by atoms with E-state index >= 15 is 0 Å². The van der Waals surface area contributed by atoms with Crippen LogP contribution in [-0.2, 0) is 6.54 Å². The predicted octanol–water partition coefficient (Wildman–Crippen LogP) is 4.08. The van der Waals surface area contributed by atoms with Gasteiger partial charge in [-0.05, 0) is 32.3 Å².